The van der Waals surface area contributed by atoms with Crippen LogP contribution in [-0.2, 0) is 4.79 Å². The summed E-state index contributed by atoms with van der Waals surface area (Å²) in [5.41, 5.74) is 1.19. The van der Waals surface area contributed by atoms with Gasteiger partial charge in [0.15, 0.2) is 0 Å². The van der Waals surface area contributed by atoms with Gasteiger partial charge in [0, 0.05) is 5.71 Å². The smallest absolute Gasteiger partial charge is 0.328 e. The number of rotatable bonds is 2. The van der Waals surface area contributed by atoms with Crippen molar-refractivity contribution >= 4 is 11.7 Å². The molecule has 1 atom stereocenters. The van der Waals surface area contributed by atoms with E-state index in [-0.39, 0.29) is 0 Å². The van der Waals surface area contributed by atoms with Crippen molar-refractivity contribution in [2.24, 2.45) is 10.9 Å². The Balaban J connectivity index is 1.97. The van der Waals surface area contributed by atoms with Crippen LogP contribution in [0.25, 0.3) is 0 Å². The molecule has 78 valence electrons. The summed E-state index contributed by atoms with van der Waals surface area (Å²) < 4.78 is 0. The molecule has 2 rings (SSSR count). The zero-order valence-electron chi connectivity index (χ0n) is 8.41. The van der Waals surface area contributed by atoms with Crippen LogP contribution in [0.3, 0.4) is 0 Å². The summed E-state index contributed by atoms with van der Waals surface area (Å²) in [6.45, 7) is 0. The minimum absolute atomic E-state index is 0.438. The van der Waals surface area contributed by atoms with Crippen molar-refractivity contribution in [3.8, 4) is 0 Å². The number of aliphatic carboxylic acids is 1. The van der Waals surface area contributed by atoms with Crippen LogP contribution in [0.5, 0.6) is 0 Å². The van der Waals surface area contributed by atoms with E-state index in [1.54, 1.807) is 0 Å². The normalized spacial score (nSPS) is 28.9. The van der Waals surface area contributed by atoms with Crippen molar-refractivity contribution in [2.75, 3.05) is 0 Å². The molecule has 14 heavy (non-hydrogen) atoms. The third-order valence-electron chi connectivity index (χ3n) is 3.36. The van der Waals surface area contributed by atoms with Crippen LogP contribution in [0.2, 0.25) is 0 Å². The lowest BCUT2D eigenvalue weighted by molar-refractivity contribution is -0.138. The summed E-state index contributed by atoms with van der Waals surface area (Å²) in [6, 6.07) is -0.438. The highest BCUT2D eigenvalue weighted by atomic mass is 16.4. The van der Waals surface area contributed by atoms with Crippen molar-refractivity contribution in [1.82, 2.24) is 0 Å². The molecule has 1 aliphatic heterocycles. The Morgan fingerprint density at radius 3 is 2.50 bits per heavy atom. The SMILES string of the molecule is O=C(O)[C@H]1CCC(C2CCCCC2)=N1. The molecule has 1 aliphatic carbocycles. The summed E-state index contributed by atoms with van der Waals surface area (Å²) in [5, 5.41) is 8.82. The zero-order chi connectivity index (χ0) is 9.97. The maximum absolute atomic E-state index is 10.7. The Kier molecular flexibility index (Phi) is 2.85. The minimum Gasteiger partial charge on any atom is -0.480 e. The highest BCUT2D eigenvalue weighted by molar-refractivity contribution is 5.92. The fraction of sp³-hybridized carbons (Fsp3) is 0.818. The molecule has 0 spiro atoms. The third kappa shape index (κ3) is 1.97. The van der Waals surface area contributed by atoms with E-state index in [1.807, 2.05) is 0 Å². The van der Waals surface area contributed by atoms with Gasteiger partial charge in [-0.2, -0.15) is 0 Å². The van der Waals surface area contributed by atoms with Gasteiger partial charge in [0.2, 0.25) is 0 Å². The van der Waals surface area contributed by atoms with E-state index in [2.05, 4.69) is 4.99 Å². The molecule has 1 saturated carbocycles. The van der Waals surface area contributed by atoms with Gasteiger partial charge < -0.3 is 5.11 Å². The van der Waals surface area contributed by atoms with Gasteiger partial charge in [-0.05, 0) is 31.6 Å². The summed E-state index contributed by atoms with van der Waals surface area (Å²) in [6.07, 6.45) is 8.02. The van der Waals surface area contributed by atoms with E-state index in [0.717, 1.165) is 12.8 Å². The predicted molar refractivity (Wildman–Crippen MR) is 54.7 cm³/mol. The number of carboxylic acid groups (broad SMARTS) is 1. The van der Waals surface area contributed by atoms with Gasteiger partial charge >= 0.3 is 5.97 Å². The molecule has 0 aromatic heterocycles. The number of hydrogen-bond donors (Lipinski definition) is 1. The molecular formula is C11H17NO2. The quantitative estimate of drug-likeness (QED) is 0.734. The molecule has 0 bridgehead atoms. The van der Waals surface area contributed by atoms with E-state index in [4.69, 9.17) is 5.11 Å². The zero-order valence-corrected chi connectivity index (χ0v) is 8.41. The summed E-state index contributed by atoms with van der Waals surface area (Å²) in [5.74, 6) is -0.149. The molecule has 2 aliphatic rings. The number of hydrogen-bond acceptors (Lipinski definition) is 2. The molecule has 1 N–H and O–H groups in total. The average molecular weight is 195 g/mol. The van der Waals surface area contributed by atoms with Crippen LogP contribution in [0.1, 0.15) is 44.9 Å². The second kappa shape index (κ2) is 4.11. The average Bonchev–Trinajstić information content (AvgIpc) is 2.68. The lowest BCUT2D eigenvalue weighted by Crippen LogP contribution is -2.16. The second-order valence-electron chi connectivity index (χ2n) is 4.35. The Hall–Kier alpha value is -0.860. The number of aliphatic imine (C=N–C) groups is 1. The topological polar surface area (TPSA) is 49.7 Å². The molecule has 0 unspecified atom stereocenters. The van der Waals surface area contributed by atoms with Crippen LogP contribution < -0.4 is 0 Å². The van der Waals surface area contributed by atoms with Gasteiger partial charge in [-0.1, -0.05) is 19.3 Å². The Morgan fingerprint density at radius 2 is 1.93 bits per heavy atom. The maximum Gasteiger partial charge on any atom is 0.328 e. The Bertz CT molecular complexity index is 254. The van der Waals surface area contributed by atoms with E-state index in [1.165, 1.54) is 37.8 Å². The Morgan fingerprint density at radius 1 is 1.21 bits per heavy atom. The molecule has 0 saturated heterocycles. The lowest BCUT2D eigenvalue weighted by atomic mass is 9.85. The molecule has 1 fully saturated rings. The van der Waals surface area contributed by atoms with Crippen LogP contribution in [0.15, 0.2) is 4.99 Å². The van der Waals surface area contributed by atoms with Gasteiger partial charge in [0.25, 0.3) is 0 Å². The fourth-order valence-electron chi connectivity index (χ4n) is 2.54. The van der Waals surface area contributed by atoms with Crippen molar-refractivity contribution in [3.05, 3.63) is 0 Å². The maximum atomic E-state index is 10.7. The number of nitrogens with zero attached hydrogens (tertiary/aromatic N) is 1. The first-order valence-electron chi connectivity index (χ1n) is 5.57. The molecule has 0 aromatic rings. The molecule has 3 heteroatoms. The van der Waals surface area contributed by atoms with E-state index < -0.39 is 12.0 Å². The summed E-state index contributed by atoms with van der Waals surface area (Å²) in [7, 11) is 0. The molecule has 3 nitrogen and oxygen atoms in total. The van der Waals surface area contributed by atoms with Gasteiger partial charge in [-0.3, -0.25) is 4.99 Å². The second-order valence-corrected chi connectivity index (χ2v) is 4.35. The van der Waals surface area contributed by atoms with Crippen LogP contribution >= 0.6 is 0 Å². The lowest BCUT2D eigenvalue weighted by Gasteiger charge is -2.21. The van der Waals surface area contributed by atoms with Crippen LogP contribution in [0.4, 0.5) is 0 Å². The molecule has 0 aromatic carbocycles. The monoisotopic (exact) mass is 195 g/mol. The molecule has 0 amide bonds. The highest BCUT2D eigenvalue weighted by Gasteiger charge is 2.28. The van der Waals surface area contributed by atoms with E-state index in [9.17, 15) is 4.79 Å². The number of carbonyl (C=O) groups is 1. The van der Waals surface area contributed by atoms with Gasteiger partial charge in [-0.25, -0.2) is 4.79 Å². The van der Waals surface area contributed by atoms with E-state index in [0.29, 0.717) is 5.92 Å². The highest BCUT2D eigenvalue weighted by Crippen LogP contribution is 2.29. The largest absolute Gasteiger partial charge is 0.480 e. The van der Waals surface area contributed by atoms with Gasteiger partial charge in [0.1, 0.15) is 6.04 Å². The predicted octanol–water partition coefficient (Wildman–Crippen LogP) is 2.25. The first-order chi connectivity index (χ1) is 6.77. The van der Waals surface area contributed by atoms with Crippen LogP contribution in [0, 0.1) is 5.92 Å². The standard InChI is InChI=1S/C11H17NO2/c13-11(14)10-7-6-9(12-10)8-4-2-1-3-5-8/h8,10H,1-7H2,(H,13,14)/t10-/m1/s1. The van der Waals surface area contributed by atoms with Gasteiger partial charge in [-0.15, -0.1) is 0 Å². The third-order valence-corrected chi connectivity index (χ3v) is 3.36. The summed E-state index contributed by atoms with van der Waals surface area (Å²) in [4.78, 5) is 15.1. The van der Waals surface area contributed by atoms with Gasteiger partial charge in [0.05, 0.1) is 0 Å². The van der Waals surface area contributed by atoms with Crippen molar-refractivity contribution in [2.45, 2.75) is 51.0 Å². The first-order valence-corrected chi connectivity index (χ1v) is 5.57. The molecule has 0 radical (unpaired) electrons. The summed E-state index contributed by atoms with van der Waals surface area (Å²) >= 11 is 0. The Labute approximate surface area is 84.2 Å². The van der Waals surface area contributed by atoms with Crippen molar-refractivity contribution in [3.63, 3.8) is 0 Å². The van der Waals surface area contributed by atoms with Crippen molar-refractivity contribution in [1.29, 1.82) is 0 Å². The minimum atomic E-state index is -0.754. The molecular weight excluding hydrogens is 178 g/mol. The molecule has 1 heterocycles. The fourth-order valence-corrected chi connectivity index (χ4v) is 2.54. The van der Waals surface area contributed by atoms with E-state index >= 15 is 0 Å². The van der Waals surface area contributed by atoms with Crippen LogP contribution in [-0.4, -0.2) is 22.8 Å². The first kappa shape index (κ1) is 9.69. The number of carboxylic acids is 1. The van der Waals surface area contributed by atoms with Crippen molar-refractivity contribution < 1.29 is 9.90 Å².